The van der Waals surface area contributed by atoms with Gasteiger partial charge in [0, 0.05) is 4.88 Å². The monoisotopic (exact) mass is 275 g/mol. The molecule has 0 radical (unpaired) electrons. The van der Waals surface area contributed by atoms with Gasteiger partial charge in [0.25, 0.3) is 0 Å². The molecule has 1 fully saturated rings. The second-order valence-electron chi connectivity index (χ2n) is 4.32. The molecule has 0 saturated carbocycles. The maximum Gasteiger partial charge on any atom is 0.190 e. The first-order valence-corrected chi connectivity index (χ1v) is 6.97. The fourth-order valence-electron chi connectivity index (χ4n) is 2.01. The van der Waals surface area contributed by atoms with Crippen molar-refractivity contribution in [2.24, 2.45) is 0 Å². The number of para-hydroxylation sites is 1. The smallest absolute Gasteiger partial charge is 0.190 e. The third-order valence-electron chi connectivity index (χ3n) is 2.92. The highest BCUT2D eigenvalue weighted by atomic mass is 32.1. The predicted octanol–water partition coefficient (Wildman–Crippen LogP) is 2.82. The standard InChI is InChI=1S/C13H13N3S2/c1-13(11-8-5-9-18-11)14-12(17)16(15-13)10-6-3-2-4-7-10/h2-9,15H,1H3,(H,14,17)/t13-/m1/s1. The molecule has 0 bridgehead atoms. The molecule has 1 atom stereocenters. The van der Waals surface area contributed by atoms with Crippen LogP contribution in [0.5, 0.6) is 0 Å². The third kappa shape index (κ3) is 1.90. The van der Waals surface area contributed by atoms with Gasteiger partial charge in [0.15, 0.2) is 5.11 Å². The van der Waals surface area contributed by atoms with Crippen LogP contribution < -0.4 is 15.8 Å². The molecule has 5 heteroatoms. The van der Waals surface area contributed by atoms with Gasteiger partial charge < -0.3 is 5.32 Å². The summed E-state index contributed by atoms with van der Waals surface area (Å²) in [7, 11) is 0. The molecule has 2 heterocycles. The van der Waals surface area contributed by atoms with Crippen LogP contribution in [0.1, 0.15) is 11.8 Å². The molecule has 3 rings (SSSR count). The molecular weight excluding hydrogens is 262 g/mol. The third-order valence-corrected chi connectivity index (χ3v) is 4.30. The minimum atomic E-state index is -0.332. The summed E-state index contributed by atoms with van der Waals surface area (Å²) in [6.45, 7) is 2.09. The summed E-state index contributed by atoms with van der Waals surface area (Å²) in [5.41, 5.74) is 4.13. The van der Waals surface area contributed by atoms with E-state index in [1.165, 1.54) is 4.88 Å². The average Bonchev–Trinajstić information content (AvgIpc) is 2.99. The average molecular weight is 275 g/mol. The largest absolute Gasteiger partial charge is 0.337 e. The van der Waals surface area contributed by atoms with Crippen LogP contribution >= 0.6 is 23.6 Å². The fraction of sp³-hybridized carbons (Fsp3) is 0.154. The molecule has 18 heavy (non-hydrogen) atoms. The molecule has 1 aromatic carbocycles. The molecule has 1 saturated heterocycles. The minimum absolute atomic E-state index is 0.332. The number of anilines is 1. The van der Waals surface area contributed by atoms with Crippen molar-refractivity contribution in [3.8, 4) is 0 Å². The summed E-state index contributed by atoms with van der Waals surface area (Å²) >= 11 is 7.11. The molecule has 0 unspecified atom stereocenters. The van der Waals surface area contributed by atoms with Crippen molar-refractivity contribution in [3.05, 3.63) is 52.7 Å². The van der Waals surface area contributed by atoms with Crippen molar-refractivity contribution in [2.75, 3.05) is 5.01 Å². The van der Waals surface area contributed by atoms with Crippen LogP contribution in [0.15, 0.2) is 47.8 Å². The molecule has 0 spiro atoms. The van der Waals surface area contributed by atoms with Crippen molar-refractivity contribution in [3.63, 3.8) is 0 Å². The molecule has 92 valence electrons. The number of rotatable bonds is 2. The topological polar surface area (TPSA) is 27.3 Å². The van der Waals surface area contributed by atoms with Gasteiger partial charge in [-0.2, -0.15) is 5.43 Å². The van der Waals surface area contributed by atoms with Crippen LogP contribution in [-0.4, -0.2) is 5.11 Å². The molecule has 0 aliphatic carbocycles. The summed E-state index contributed by atoms with van der Waals surface area (Å²) in [5, 5.41) is 8.01. The number of thiophene rings is 1. The summed E-state index contributed by atoms with van der Waals surface area (Å²) in [4.78, 5) is 1.21. The van der Waals surface area contributed by atoms with Crippen LogP contribution in [0.25, 0.3) is 0 Å². The predicted molar refractivity (Wildman–Crippen MR) is 79.5 cm³/mol. The second-order valence-corrected chi connectivity index (χ2v) is 5.65. The van der Waals surface area contributed by atoms with Gasteiger partial charge in [-0.05, 0) is 42.7 Å². The molecular formula is C13H13N3S2. The molecule has 2 N–H and O–H groups in total. The lowest BCUT2D eigenvalue weighted by Gasteiger charge is -2.24. The van der Waals surface area contributed by atoms with Crippen LogP contribution in [-0.2, 0) is 5.66 Å². The Hall–Kier alpha value is -1.43. The Morgan fingerprint density at radius 1 is 1.17 bits per heavy atom. The highest BCUT2D eigenvalue weighted by Crippen LogP contribution is 2.29. The summed E-state index contributed by atoms with van der Waals surface area (Å²) in [6, 6.07) is 14.2. The molecule has 0 amide bonds. The number of nitrogens with one attached hydrogen (secondary N) is 2. The van der Waals surface area contributed by atoms with E-state index in [1.807, 2.05) is 41.4 Å². The van der Waals surface area contributed by atoms with Crippen molar-refractivity contribution in [1.29, 1.82) is 0 Å². The zero-order valence-corrected chi connectivity index (χ0v) is 11.5. The van der Waals surface area contributed by atoms with Gasteiger partial charge in [0.1, 0.15) is 5.66 Å². The first kappa shape index (κ1) is 11.6. The van der Waals surface area contributed by atoms with E-state index in [-0.39, 0.29) is 5.66 Å². The molecule has 1 aliphatic heterocycles. The van der Waals surface area contributed by atoms with Crippen LogP contribution in [0.4, 0.5) is 5.69 Å². The van der Waals surface area contributed by atoms with E-state index >= 15 is 0 Å². The van der Waals surface area contributed by atoms with Gasteiger partial charge in [-0.3, -0.25) is 0 Å². The lowest BCUT2D eigenvalue weighted by molar-refractivity contribution is 0.398. The van der Waals surface area contributed by atoms with Crippen molar-refractivity contribution in [2.45, 2.75) is 12.6 Å². The van der Waals surface area contributed by atoms with Gasteiger partial charge in [-0.15, -0.1) is 11.3 Å². The Balaban J connectivity index is 1.91. The highest BCUT2D eigenvalue weighted by molar-refractivity contribution is 7.80. The summed E-state index contributed by atoms with van der Waals surface area (Å²) < 4.78 is 0. The minimum Gasteiger partial charge on any atom is -0.337 e. The van der Waals surface area contributed by atoms with Crippen LogP contribution in [0.3, 0.4) is 0 Å². The lowest BCUT2D eigenvalue weighted by Crippen LogP contribution is -2.45. The van der Waals surface area contributed by atoms with Crippen LogP contribution in [0.2, 0.25) is 0 Å². The maximum absolute atomic E-state index is 5.40. The summed E-state index contributed by atoms with van der Waals surface area (Å²) in [5.74, 6) is 0. The Kier molecular flexibility index (Phi) is 2.81. The second kappa shape index (κ2) is 4.35. The highest BCUT2D eigenvalue weighted by Gasteiger charge is 2.38. The zero-order chi connectivity index (χ0) is 12.6. The van der Waals surface area contributed by atoms with Gasteiger partial charge in [0.2, 0.25) is 0 Å². The van der Waals surface area contributed by atoms with Crippen molar-refractivity contribution in [1.82, 2.24) is 10.7 Å². The van der Waals surface area contributed by atoms with Crippen LogP contribution in [0, 0.1) is 0 Å². The van der Waals surface area contributed by atoms with E-state index in [0.717, 1.165) is 5.69 Å². The molecule has 1 aliphatic rings. The Bertz CT molecular complexity index is 553. The van der Waals surface area contributed by atoms with E-state index in [0.29, 0.717) is 5.11 Å². The van der Waals surface area contributed by atoms with Gasteiger partial charge in [-0.1, -0.05) is 24.3 Å². The molecule has 1 aromatic heterocycles. The quantitative estimate of drug-likeness (QED) is 0.824. The SMILES string of the molecule is C[C@@]1(c2cccs2)NC(=S)N(c2ccccc2)N1. The number of benzene rings is 1. The zero-order valence-electron chi connectivity index (χ0n) is 9.88. The van der Waals surface area contributed by atoms with E-state index in [9.17, 15) is 0 Å². The van der Waals surface area contributed by atoms with E-state index in [1.54, 1.807) is 11.3 Å². The van der Waals surface area contributed by atoms with Gasteiger partial charge >= 0.3 is 0 Å². The first-order valence-electron chi connectivity index (χ1n) is 5.68. The number of nitrogens with zero attached hydrogens (tertiary/aromatic N) is 1. The normalized spacial score (nSPS) is 23.2. The maximum atomic E-state index is 5.40. The first-order chi connectivity index (χ1) is 8.69. The molecule has 2 aromatic rings. The Morgan fingerprint density at radius 2 is 1.94 bits per heavy atom. The molecule has 3 nitrogen and oxygen atoms in total. The number of hydrogen-bond donors (Lipinski definition) is 2. The number of hydrazine groups is 1. The number of hydrogen-bond acceptors (Lipinski definition) is 3. The van der Waals surface area contributed by atoms with Crippen molar-refractivity contribution < 1.29 is 0 Å². The Labute approximate surface area is 115 Å². The van der Waals surface area contributed by atoms with Gasteiger partial charge in [0.05, 0.1) is 5.69 Å². The van der Waals surface area contributed by atoms with Gasteiger partial charge in [-0.25, -0.2) is 5.01 Å². The number of thiocarbonyl (C=S) groups is 1. The van der Waals surface area contributed by atoms with E-state index in [2.05, 4.69) is 29.1 Å². The van der Waals surface area contributed by atoms with E-state index in [4.69, 9.17) is 12.2 Å². The van der Waals surface area contributed by atoms with Crippen molar-refractivity contribution >= 4 is 34.4 Å². The Morgan fingerprint density at radius 3 is 2.61 bits per heavy atom. The fourth-order valence-corrected chi connectivity index (χ4v) is 3.16. The lowest BCUT2D eigenvalue weighted by atomic mass is 10.2. The van der Waals surface area contributed by atoms with E-state index < -0.39 is 0 Å². The summed E-state index contributed by atoms with van der Waals surface area (Å²) in [6.07, 6.45) is 0.